The smallest absolute Gasteiger partial charge is 0.490 e. The SMILES string of the molecule is CC(C)Oc1ccccc1C(=O)O.O=C(O)O.c1ccccc1. The number of carboxylic acid groups (broad SMARTS) is 3. The quantitative estimate of drug-likeness (QED) is 0.787. The summed E-state index contributed by atoms with van der Waals surface area (Å²) >= 11 is 0. The fourth-order valence-corrected chi connectivity index (χ4v) is 1.38. The van der Waals surface area contributed by atoms with Crippen LogP contribution in [0.2, 0.25) is 0 Å². The minimum Gasteiger partial charge on any atom is -0.490 e. The maximum Gasteiger partial charge on any atom is 0.503 e. The van der Waals surface area contributed by atoms with Gasteiger partial charge in [-0.1, -0.05) is 48.5 Å². The number of aromatic carboxylic acids is 1. The number of para-hydroxylation sites is 1. The van der Waals surface area contributed by atoms with E-state index in [0.29, 0.717) is 5.75 Å². The Balaban J connectivity index is 0.000000398. The molecule has 0 bridgehead atoms. The maximum atomic E-state index is 10.7. The highest BCUT2D eigenvalue weighted by atomic mass is 16.6. The largest absolute Gasteiger partial charge is 0.503 e. The highest BCUT2D eigenvalue weighted by Crippen LogP contribution is 2.18. The minimum atomic E-state index is -1.83. The average molecular weight is 320 g/mol. The second-order valence-corrected chi connectivity index (χ2v) is 4.41. The van der Waals surface area contributed by atoms with Gasteiger partial charge in [0, 0.05) is 0 Å². The summed E-state index contributed by atoms with van der Waals surface area (Å²) in [6.07, 6.45) is -1.85. The van der Waals surface area contributed by atoms with Crippen LogP contribution in [0.5, 0.6) is 5.75 Å². The maximum absolute atomic E-state index is 10.7. The molecule has 0 aliphatic heterocycles. The molecule has 0 heterocycles. The van der Waals surface area contributed by atoms with Gasteiger partial charge in [0.2, 0.25) is 0 Å². The zero-order valence-corrected chi connectivity index (χ0v) is 12.9. The molecule has 0 radical (unpaired) electrons. The molecule has 0 saturated heterocycles. The van der Waals surface area contributed by atoms with Crippen LogP contribution in [0.3, 0.4) is 0 Å². The van der Waals surface area contributed by atoms with Crippen LogP contribution in [0.1, 0.15) is 24.2 Å². The minimum absolute atomic E-state index is 0.0134. The highest BCUT2D eigenvalue weighted by Gasteiger charge is 2.10. The summed E-state index contributed by atoms with van der Waals surface area (Å²) < 4.78 is 5.33. The zero-order valence-electron chi connectivity index (χ0n) is 12.9. The Kier molecular flexibility index (Phi) is 10.1. The first-order valence-corrected chi connectivity index (χ1v) is 6.75. The van der Waals surface area contributed by atoms with Crippen molar-refractivity contribution in [2.24, 2.45) is 0 Å². The molecule has 0 spiro atoms. The molecule has 6 nitrogen and oxygen atoms in total. The number of hydrogen-bond acceptors (Lipinski definition) is 3. The van der Waals surface area contributed by atoms with Gasteiger partial charge in [-0.15, -0.1) is 0 Å². The van der Waals surface area contributed by atoms with Crippen molar-refractivity contribution in [1.82, 2.24) is 0 Å². The van der Waals surface area contributed by atoms with Gasteiger partial charge in [-0.2, -0.15) is 0 Å². The van der Waals surface area contributed by atoms with Gasteiger partial charge in [-0.25, -0.2) is 9.59 Å². The molecule has 6 heteroatoms. The molecule has 2 aromatic rings. The summed E-state index contributed by atoms with van der Waals surface area (Å²) in [7, 11) is 0. The van der Waals surface area contributed by atoms with E-state index in [-0.39, 0.29) is 11.7 Å². The molecule has 0 atom stereocenters. The molecule has 2 aromatic carbocycles. The van der Waals surface area contributed by atoms with Crippen molar-refractivity contribution < 1.29 is 29.6 Å². The van der Waals surface area contributed by atoms with Crippen LogP contribution < -0.4 is 4.74 Å². The number of ether oxygens (including phenoxy) is 1. The van der Waals surface area contributed by atoms with Crippen LogP contribution in [-0.2, 0) is 0 Å². The van der Waals surface area contributed by atoms with Crippen molar-refractivity contribution in [3.63, 3.8) is 0 Å². The van der Waals surface area contributed by atoms with Crippen LogP contribution in [0.4, 0.5) is 4.79 Å². The molecule has 3 N–H and O–H groups in total. The first kappa shape index (κ1) is 20.0. The van der Waals surface area contributed by atoms with Gasteiger partial charge in [0.15, 0.2) is 0 Å². The molecule has 23 heavy (non-hydrogen) atoms. The monoisotopic (exact) mass is 320 g/mol. The lowest BCUT2D eigenvalue weighted by molar-refractivity contribution is 0.0690. The summed E-state index contributed by atoms with van der Waals surface area (Å²) in [4.78, 5) is 19.3. The fourth-order valence-electron chi connectivity index (χ4n) is 1.38. The van der Waals surface area contributed by atoms with Gasteiger partial charge in [-0.3, -0.25) is 0 Å². The van der Waals surface area contributed by atoms with Crippen molar-refractivity contribution in [3.05, 3.63) is 66.2 Å². The molecular formula is C17H20O6. The molecule has 0 fully saturated rings. The Morgan fingerprint density at radius 2 is 1.22 bits per heavy atom. The zero-order chi connectivity index (χ0) is 17.7. The molecule has 0 aliphatic rings. The van der Waals surface area contributed by atoms with E-state index < -0.39 is 12.1 Å². The molecule has 2 rings (SSSR count). The topological polar surface area (TPSA) is 104 Å². The number of carboxylic acids is 1. The molecule has 0 aromatic heterocycles. The van der Waals surface area contributed by atoms with Crippen molar-refractivity contribution >= 4 is 12.1 Å². The van der Waals surface area contributed by atoms with Gasteiger partial charge in [0.25, 0.3) is 0 Å². The highest BCUT2D eigenvalue weighted by molar-refractivity contribution is 5.90. The fraction of sp³-hybridized carbons (Fsp3) is 0.176. The Bertz CT molecular complexity index is 550. The van der Waals surface area contributed by atoms with E-state index in [9.17, 15) is 4.79 Å². The molecule has 0 aliphatic carbocycles. The van der Waals surface area contributed by atoms with Crippen molar-refractivity contribution in [2.45, 2.75) is 20.0 Å². The Labute approximate surface area is 134 Å². The lowest BCUT2D eigenvalue weighted by atomic mass is 10.2. The Hall–Kier alpha value is -3.02. The van der Waals surface area contributed by atoms with Crippen LogP contribution in [0.15, 0.2) is 60.7 Å². The number of rotatable bonds is 3. The van der Waals surface area contributed by atoms with Crippen molar-refractivity contribution in [1.29, 1.82) is 0 Å². The van der Waals surface area contributed by atoms with E-state index >= 15 is 0 Å². The second-order valence-electron chi connectivity index (χ2n) is 4.41. The van der Waals surface area contributed by atoms with Crippen LogP contribution >= 0.6 is 0 Å². The predicted molar refractivity (Wildman–Crippen MR) is 86.3 cm³/mol. The average Bonchev–Trinajstić information content (AvgIpc) is 2.49. The van der Waals surface area contributed by atoms with E-state index in [1.807, 2.05) is 50.2 Å². The summed E-state index contributed by atoms with van der Waals surface area (Å²) in [5.41, 5.74) is 0.205. The van der Waals surface area contributed by atoms with Gasteiger partial charge in [0.05, 0.1) is 6.10 Å². The third-order valence-electron chi connectivity index (χ3n) is 2.15. The molecule has 0 saturated carbocycles. The Morgan fingerprint density at radius 3 is 1.57 bits per heavy atom. The summed E-state index contributed by atoms with van der Waals surface area (Å²) in [5.74, 6) is -0.541. The van der Waals surface area contributed by atoms with Crippen LogP contribution in [0.25, 0.3) is 0 Å². The predicted octanol–water partition coefficient (Wildman–Crippen LogP) is 4.08. The number of benzene rings is 2. The summed E-state index contributed by atoms with van der Waals surface area (Å²) in [6.45, 7) is 3.72. The summed E-state index contributed by atoms with van der Waals surface area (Å²) in [5, 5.41) is 22.7. The van der Waals surface area contributed by atoms with E-state index in [0.717, 1.165) is 0 Å². The van der Waals surface area contributed by atoms with E-state index in [2.05, 4.69) is 0 Å². The van der Waals surface area contributed by atoms with Crippen molar-refractivity contribution in [3.8, 4) is 5.75 Å². The number of hydrogen-bond donors (Lipinski definition) is 3. The van der Waals surface area contributed by atoms with Crippen LogP contribution in [0, 0.1) is 0 Å². The Morgan fingerprint density at radius 1 is 0.826 bits per heavy atom. The van der Waals surface area contributed by atoms with E-state index in [1.54, 1.807) is 18.2 Å². The first-order chi connectivity index (χ1) is 10.8. The van der Waals surface area contributed by atoms with E-state index in [1.165, 1.54) is 6.07 Å². The van der Waals surface area contributed by atoms with Gasteiger partial charge in [0.1, 0.15) is 11.3 Å². The normalized spacial score (nSPS) is 8.83. The molecular weight excluding hydrogens is 300 g/mol. The van der Waals surface area contributed by atoms with Crippen molar-refractivity contribution in [2.75, 3.05) is 0 Å². The van der Waals surface area contributed by atoms with Gasteiger partial charge >= 0.3 is 12.1 Å². The molecule has 0 amide bonds. The second kappa shape index (κ2) is 11.6. The standard InChI is InChI=1S/C10H12O3.C6H6.CH2O3/c1-7(2)13-9-6-4-3-5-8(9)10(11)12;1-2-4-6-5-3-1;2-1(3)4/h3-7H,1-2H3,(H,11,12);1-6H;(H2,2,3,4). The van der Waals surface area contributed by atoms with Crippen LogP contribution in [-0.4, -0.2) is 33.5 Å². The third kappa shape index (κ3) is 11.3. The third-order valence-corrected chi connectivity index (χ3v) is 2.15. The molecule has 124 valence electrons. The summed E-state index contributed by atoms with van der Waals surface area (Å²) in [6, 6.07) is 18.6. The lowest BCUT2D eigenvalue weighted by Crippen LogP contribution is -2.09. The number of carbonyl (C=O) groups is 2. The van der Waals surface area contributed by atoms with E-state index in [4.69, 9.17) is 24.9 Å². The first-order valence-electron chi connectivity index (χ1n) is 6.75. The lowest BCUT2D eigenvalue weighted by Gasteiger charge is -2.11. The van der Waals surface area contributed by atoms with Gasteiger partial charge in [-0.05, 0) is 26.0 Å². The van der Waals surface area contributed by atoms with Gasteiger partial charge < -0.3 is 20.1 Å². The molecule has 0 unspecified atom stereocenters.